The molecule has 2 aliphatic rings. The average Bonchev–Trinajstić information content (AvgIpc) is 3.00. The van der Waals surface area contributed by atoms with Gasteiger partial charge in [0.05, 0.1) is 17.5 Å². The zero-order valence-corrected chi connectivity index (χ0v) is 15.7. The van der Waals surface area contributed by atoms with Crippen LogP contribution in [0.2, 0.25) is 0 Å². The molecule has 0 bridgehead atoms. The summed E-state index contributed by atoms with van der Waals surface area (Å²) < 4.78 is 11.7. The van der Waals surface area contributed by atoms with Gasteiger partial charge >= 0.3 is 0 Å². The summed E-state index contributed by atoms with van der Waals surface area (Å²) in [5.41, 5.74) is 4.28. The second-order valence-electron chi connectivity index (χ2n) is 6.47. The highest BCUT2D eigenvalue weighted by Gasteiger charge is 2.42. The molecular formula is C21H25NO2S. The molecule has 0 N–H and O–H groups in total. The van der Waals surface area contributed by atoms with Crippen LogP contribution in [0.3, 0.4) is 0 Å². The van der Waals surface area contributed by atoms with Crippen molar-refractivity contribution in [1.82, 2.24) is 0 Å². The van der Waals surface area contributed by atoms with Gasteiger partial charge in [0, 0.05) is 24.2 Å². The first-order chi connectivity index (χ1) is 12.3. The van der Waals surface area contributed by atoms with Crippen LogP contribution in [-0.4, -0.2) is 32.1 Å². The van der Waals surface area contributed by atoms with Gasteiger partial charge in [-0.1, -0.05) is 36.4 Å². The molecular weight excluding hydrogens is 330 g/mol. The van der Waals surface area contributed by atoms with Gasteiger partial charge in [0.2, 0.25) is 0 Å². The summed E-state index contributed by atoms with van der Waals surface area (Å²) in [5.74, 6) is 0. The molecule has 2 aromatic rings. The van der Waals surface area contributed by atoms with Crippen LogP contribution in [0.4, 0.5) is 5.69 Å². The predicted octanol–water partition coefficient (Wildman–Crippen LogP) is 4.66. The topological polar surface area (TPSA) is 21.7 Å². The van der Waals surface area contributed by atoms with Gasteiger partial charge in [-0.3, -0.25) is 0 Å². The van der Waals surface area contributed by atoms with E-state index in [0.29, 0.717) is 24.5 Å². The minimum atomic E-state index is -0.185. The fraction of sp³-hybridized carbons (Fsp3) is 0.429. The van der Waals surface area contributed by atoms with Gasteiger partial charge in [-0.2, -0.15) is 0 Å². The Hall–Kier alpha value is -1.49. The van der Waals surface area contributed by atoms with E-state index in [-0.39, 0.29) is 6.29 Å². The molecule has 2 aromatic carbocycles. The van der Waals surface area contributed by atoms with Crippen LogP contribution in [0.1, 0.15) is 30.2 Å². The van der Waals surface area contributed by atoms with Crippen LogP contribution < -0.4 is 4.90 Å². The van der Waals surface area contributed by atoms with Crippen LogP contribution in [0, 0.1) is 0 Å². The van der Waals surface area contributed by atoms with Crippen LogP contribution in [0.25, 0.3) is 0 Å². The van der Waals surface area contributed by atoms with E-state index < -0.39 is 0 Å². The minimum absolute atomic E-state index is 0.185. The zero-order chi connectivity index (χ0) is 17.2. The number of hydrogen-bond donors (Lipinski definition) is 0. The third-order valence-electron chi connectivity index (χ3n) is 5.02. The average molecular weight is 356 g/mol. The number of anilines is 1. The highest BCUT2D eigenvalue weighted by Crippen LogP contribution is 2.53. The number of benzene rings is 2. The number of rotatable bonds is 6. The third-order valence-corrected chi connectivity index (χ3v) is 6.44. The largest absolute Gasteiger partial charge is 0.361 e. The summed E-state index contributed by atoms with van der Waals surface area (Å²) in [5, 5.41) is 0.481. The summed E-state index contributed by atoms with van der Waals surface area (Å²) in [7, 11) is 0. The second kappa shape index (κ2) is 7.40. The second-order valence-corrected chi connectivity index (χ2v) is 7.65. The summed E-state index contributed by atoms with van der Waals surface area (Å²) in [4.78, 5) is 3.87. The van der Waals surface area contributed by atoms with Crippen molar-refractivity contribution in [3.63, 3.8) is 0 Å². The Morgan fingerprint density at radius 3 is 2.56 bits per heavy atom. The van der Waals surface area contributed by atoms with E-state index in [1.807, 2.05) is 25.6 Å². The van der Waals surface area contributed by atoms with E-state index >= 15 is 0 Å². The standard InChI is InChI=1S/C21H25NO2S/c1-3-23-20(24-4-2)14-22-17-11-7-8-12-19(17)25-21-16-10-6-5-9-15(16)13-18(21)22/h5-12,18,20-21H,3-4,13-14H2,1-2H3/t18-,21+/m0/s1. The fourth-order valence-corrected chi connectivity index (χ4v) is 5.48. The first kappa shape index (κ1) is 17.0. The van der Waals surface area contributed by atoms with Gasteiger partial charge in [-0.25, -0.2) is 0 Å². The molecule has 0 aromatic heterocycles. The first-order valence-corrected chi connectivity index (χ1v) is 10.0. The lowest BCUT2D eigenvalue weighted by molar-refractivity contribution is -0.130. The SMILES string of the molecule is CCOC(CN1c2ccccc2S[C@@H]2c3ccccc3C[C@@H]21)OCC. The van der Waals surface area contributed by atoms with Gasteiger partial charge in [-0.05, 0) is 43.5 Å². The Morgan fingerprint density at radius 1 is 1.04 bits per heavy atom. The maximum atomic E-state index is 5.86. The monoisotopic (exact) mass is 355 g/mol. The molecule has 0 fully saturated rings. The van der Waals surface area contributed by atoms with E-state index in [1.54, 1.807) is 0 Å². The Balaban J connectivity index is 1.68. The lowest BCUT2D eigenvalue weighted by atomic mass is 10.1. The van der Waals surface area contributed by atoms with Crippen molar-refractivity contribution in [2.24, 2.45) is 0 Å². The van der Waals surface area contributed by atoms with Crippen molar-refractivity contribution in [1.29, 1.82) is 0 Å². The third kappa shape index (κ3) is 3.19. The molecule has 1 heterocycles. The molecule has 3 nitrogen and oxygen atoms in total. The molecule has 25 heavy (non-hydrogen) atoms. The van der Waals surface area contributed by atoms with E-state index in [1.165, 1.54) is 21.7 Å². The number of nitrogens with zero attached hydrogens (tertiary/aromatic N) is 1. The Kier molecular flexibility index (Phi) is 5.02. The summed E-state index contributed by atoms with van der Waals surface area (Å²) >= 11 is 2.00. The lowest BCUT2D eigenvalue weighted by Crippen LogP contribution is -2.45. The number of ether oxygens (including phenoxy) is 2. The van der Waals surface area contributed by atoms with E-state index in [9.17, 15) is 0 Å². The van der Waals surface area contributed by atoms with Crippen LogP contribution in [0.15, 0.2) is 53.4 Å². The van der Waals surface area contributed by atoms with Crippen LogP contribution in [-0.2, 0) is 15.9 Å². The van der Waals surface area contributed by atoms with Crippen molar-refractivity contribution in [3.05, 3.63) is 59.7 Å². The molecule has 0 amide bonds. The number of fused-ring (bicyclic) bond motifs is 4. The lowest BCUT2D eigenvalue weighted by Gasteiger charge is -2.41. The minimum Gasteiger partial charge on any atom is -0.361 e. The number of para-hydroxylation sites is 1. The van der Waals surface area contributed by atoms with Crippen LogP contribution >= 0.6 is 11.8 Å². The predicted molar refractivity (Wildman–Crippen MR) is 103 cm³/mol. The first-order valence-electron chi connectivity index (χ1n) is 9.15. The molecule has 0 saturated carbocycles. The molecule has 4 rings (SSSR count). The molecule has 0 unspecified atom stereocenters. The quantitative estimate of drug-likeness (QED) is 0.702. The van der Waals surface area contributed by atoms with Crippen molar-refractivity contribution in [2.75, 3.05) is 24.7 Å². The summed E-state index contributed by atoms with van der Waals surface area (Å²) in [6, 6.07) is 18.1. The summed E-state index contributed by atoms with van der Waals surface area (Å²) in [6.07, 6.45) is 0.906. The van der Waals surface area contributed by atoms with Crippen molar-refractivity contribution < 1.29 is 9.47 Å². The van der Waals surface area contributed by atoms with Gasteiger partial charge in [0.1, 0.15) is 0 Å². The Labute approximate surface area is 154 Å². The maximum Gasteiger partial charge on any atom is 0.174 e. The molecule has 4 heteroatoms. The van der Waals surface area contributed by atoms with Crippen molar-refractivity contribution in [2.45, 2.75) is 42.7 Å². The smallest absolute Gasteiger partial charge is 0.174 e. The Morgan fingerprint density at radius 2 is 1.76 bits per heavy atom. The van der Waals surface area contributed by atoms with Gasteiger partial charge in [0.25, 0.3) is 0 Å². The number of thioether (sulfide) groups is 1. The molecule has 0 radical (unpaired) electrons. The van der Waals surface area contributed by atoms with Crippen molar-refractivity contribution in [3.8, 4) is 0 Å². The molecule has 132 valence electrons. The molecule has 0 saturated heterocycles. The van der Waals surface area contributed by atoms with Gasteiger partial charge in [0.15, 0.2) is 6.29 Å². The highest BCUT2D eigenvalue weighted by atomic mass is 32.2. The van der Waals surface area contributed by atoms with Gasteiger partial charge < -0.3 is 14.4 Å². The zero-order valence-electron chi connectivity index (χ0n) is 14.9. The highest BCUT2D eigenvalue weighted by molar-refractivity contribution is 7.99. The molecule has 1 aliphatic carbocycles. The van der Waals surface area contributed by atoms with E-state index in [2.05, 4.69) is 53.4 Å². The fourth-order valence-electron chi connectivity index (χ4n) is 3.98. The normalized spacial score (nSPS) is 21.2. The molecule has 2 atom stereocenters. The molecule has 1 aliphatic heterocycles. The maximum absolute atomic E-state index is 5.86. The molecule has 0 spiro atoms. The number of hydrogen-bond acceptors (Lipinski definition) is 4. The summed E-state index contributed by atoms with van der Waals surface area (Å²) in [6.45, 7) is 6.17. The Bertz CT molecular complexity index is 729. The van der Waals surface area contributed by atoms with Crippen molar-refractivity contribution >= 4 is 17.4 Å². The van der Waals surface area contributed by atoms with E-state index in [4.69, 9.17) is 9.47 Å². The van der Waals surface area contributed by atoms with Gasteiger partial charge in [-0.15, -0.1) is 11.8 Å². The van der Waals surface area contributed by atoms with E-state index in [0.717, 1.165) is 13.0 Å². The van der Waals surface area contributed by atoms with Crippen LogP contribution in [0.5, 0.6) is 0 Å².